The van der Waals surface area contributed by atoms with Gasteiger partial charge in [0.2, 0.25) is 5.75 Å². The molecule has 216 valence electrons. The van der Waals surface area contributed by atoms with Gasteiger partial charge in [0.25, 0.3) is 0 Å². The van der Waals surface area contributed by atoms with Crippen LogP contribution >= 0.6 is 0 Å². The Morgan fingerprint density at radius 2 is 1.65 bits per heavy atom. The number of nitrogens with zero attached hydrogens (tertiary/aromatic N) is 2. The molecule has 1 aromatic heterocycles. The van der Waals surface area contributed by atoms with Crippen molar-refractivity contribution in [3.63, 3.8) is 0 Å². The average Bonchev–Trinajstić information content (AvgIpc) is 2.99. The van der Waals surface area contributed by atoms with Crippen LogP contribution in [0.15, 0.2) is 39.5 Å². The predicted octanol–water partition coefficient (Wildman–Crippen LogP) is 4.91. The van der Waals surface area contributed by atoms with Gasteiger partial charge in [-0.15, -0.1) is 0 Å². The number of methoxy groups -OCH3 is 3. The molecule has 0 amide bonds. The van der Waals surface area contributed by atoms with Gasteiger partial charge in [0.1, 0.15) is 16.7 Å². The summed E-state index contributed by atoms with van der Waals surface area (Å²) in [4.78, 5) is 18.2. The van der Waals surface area contributed by atoms with Crippen LogP contribution in [0, 0.1) is 0 Å². The maximum absolute atomic E-state index is 13.0. The Labute approximate surface area is 235 Å². The van der Waals surface area contributed by atoms with Crippen molar-refractivity contribution in [1.82, 2.24) is 9.80 Å². The number of phenolic OH excluding ortho intramolecular Hbond substituents is 1. The van der Waals surface area contributed by atoms with Crippen molar-refractivity contribution in [2.45, 2.75) is 44.6 Å². The van der Waals surface area contributed by atoms with Crippen LogP contribution in [0.1, 0.15) is 38.5 Å². The first kappa shape index (κ1) is 28.1. The second-order valence-electron chi connectivity index (χ2n) is 10.5. The Morgan fingerprint density at radius 1 is 0.900 bits per heavy atom. The zero-order valence-corrected chi connectivity index (χ0v) is 23.7. The third-order valence-corrected chi connectivity index (χ3v) is 8.16. The van der Waals surface area contributed by atoms with Crippen LogP contribution in [-0.4, -0.2) is 81.6 Å². The molecule has 2 aromatic carbocycles. The summed E-state index contributed by atoms with van der Waals surface area (Å²) in [5.74, 6) is 1.59. The Hall–Kier alpha value is -3.43. The number of ether oxygens (including phenoxy) is 4. The second-order valence-corrected chi connectivity index (χ2v) is 10.5. The molecule has 0 atom stereocenters. The van der Waals surface area contributed by atoms with E-state index in [1.54, 1.807) is 38.5 Å². The highest BCUT2D eigenvalue weighted by molar-refractivity contribution is 5.89. The van der Waals surface area contributed by atoms with E-state index in [2.05, 4.69) is 9.80 Å². The summed E-state index contributed by atoms with van der Waals surface area (Å²) < 4.78 is 28.3. The minimum absolute atomic E-state index is 0.0456. The van der Waals surface area contributed by atoms with Crippen LogP contribution in [0.2, 0.25) is 0 Å². The largest absolute Gasteiger partial charge is 0.504 e. The summed E-state index contributed by atoms with van der Waals surface area (Å²) in [6, 6.07) is 8.99. The van der Waals surface area contributed by atoms with E-state index in [1.165, 1.54) is 45.3 Å². The van der Waals surface area contributed by atoms with E-state index >= 15 is 0 Å². The van der Waals surface area contributed by atoms with Gasteiger partial charge in [-0.05, 0) is 37.5 Å². The molecule has 3 aromatic rings. The highest BCUT2D eigenvalue weighted by atomic mass is 16.5. The zero-order valence-electron chi connectivity index (χ0n) is 23.7. The van der Waals surface area contributed by atoms with E-state index in [9.17, 15) is 9.90 Å². The molecule has 0 unspecified atom stereocenters. The van der Waals surface area contributed by atoms with Gasteiger partial charge in [0.15, 0.2) is 28.4 Å². The van der Waals surface area contributed by atoms with Gasteiger partial charge in [0, 0.05) is 56.5 Å². The van der Waals surface area contributed by atoms with Gasteiger partial charge >= 0.3 is 0 Å². The van der Waals surface area contributed by atoms with Gasteiger partial charge in [-0.3, -0.25) is 9.69 Å². The van der Waals surface area contributed by atoms with Crippen molar-refractivity contribution < 1.29 is 28.5 Å². The molecule has 2 aliphatic rings. The normalized spacial score (nSPS) is 17.2. The highest BCUT2D eigenvalue weighted by Gasteiger charge is 2.25. The fourth-order valence-electron chi connectivity index (χ4n) is 5.97. The van der Waals surface area contributed by atoms with Crippen LogP contribution < -0.4 is 24.4 Å². The summed E-state index contributed by atoms with van der Waals surface area (Å²) in [6.07, 6.45) is 7.67. The smallest absolute Gasteiger partial charge is 0.204 e. The molecule has 1 aliphatic heterocycles. The van der Waals surface area contributed by atoms with Crippen molar-refractivity contribution in [2.75, 3.05) is 60.7 Å². The van der Waals surface area contributed by atoms with Crippen molar-refractivity contribution >= 4 is 11.0 Å². The first-order chi connectivity index (χ1) is 19.5. The minimum atomic E-state index is -0.388. The number of aromatic hydroxyl groups is 1. The molecule has 2 heterocycles. The third kappa shape index (κ3) is 6.00. The number of hydrogen-bond acceptors (Lipinski definition) is 9. The van der Waals surface area contributed by atoms with E-state index in [-0.39, 0.29) is 27.9 Å². The molecule has 5 rings (SSSR count). The van der Waals surface area contributed by atoms with Gasteiger partial charge in [-0.1, -0.05) is 19.3 Å². The molecule has 9 heteroatoms. The molecule has 2 fully saturated rings. The summed E-state index contributed by atoms with van der Waals surface area (Å²) >= 11 is 0. The molecular formula is C31H40N2O7. The van der Waals surface area contributed by atoms with Crippen LogP contribution in [0.4, 0.5) is 0 Å². The lowest BCUT2D eigenvalue weighted by molar-refractivity contribution is 0.0762. The number of hydrogen-bond donors (Lipinski definition) is 1. The zero-order chi connectivity index (χ0) is 28.1. The minimum Gasteiger partial charge on any atom is -0.504 e. The number of rotatable bonds is 10. The molecule has 0 spiro atoms. The molecule has 1 saturated heterocycles. The first-order valence-corrected chi connectivity index (χ1v) is 14.2. The summed E-state index contributed by atoms with van der Waals surface area (Å²) in [7, 11) is 4.55. The second kappa shape index (κ2) is 12.8. The van der Waals surface area contributed by atoms with Crippen molar-refractivity contribution in [2.24, 2.45) is 0 Å². The lowest BCUT2D eigenvalue weighted by Crippen LogP contribution is -2.50. The molecule has 40 heavy (non-hydrogen) atoms. The average molecular weight is 553 g/mol. The molecule has 9 nitrogen and oxygen atoms in total. The van der Waals surface area contributed by atoms with Crippen molar-refractivity contribution in [1.29, 1.82) is 0 Å². The van der Waals surface area contributed by atoms with E-state index < -0.39 is 0 Å². The Balaban J connectivity index is 1.26. The van der Waals surface area contributed by atoms with Crippen molar-refractivity contribution in [3.05, 3.63) is 40.6 Å². The topological polar surface area (TPSA) is 93.8 Å². The summed E-state index contributed by atoms with van der Waals surface area (Å²) in [5.41, 5.74) is 0.461. The van der Waals surface area contributed by atoms with Crippen LogP contribution in [0.25, 0.3) is 22.3 Å². The number of piperazine rings is 1. The number of phenols is 1. The molecule has 0 bridgehead atoms. The van der Waals surface area contributed by atoms with E-state index in [1.807, 2.05) is 0 Å². The Bertz CT molecular complexity index is 1360. The molecular weight excluding hydrogens is 512 g/mol. The summed E-state index contributed by atoms with van der Waals surface area (Å²) in [5, 5.41) is 10.9. The van der Waals surface area contributed by atoms with Crippen LogP contribution in [0.5, 0.6) is 28.7 Å². The standard InChI is InChI=1S/C31H40N2O7/c1-36-24-11-10-21(18-26(24)37-2)25-19-23(34)29-27(40-25)20-28(31(38-3)30(29)35)39-17-7-12-32-13-15-33(16-14-32)22-8-5-4-6-9-22/h10-11,18-20,22,35H,4-9,12-17H2,1-3H3. The number of fused-ring (bicyclic) bond motifs is 1. The lowest BCUT2D eigenvalue weighted by Gasteiger charge is -2.40. The Morgan fingerprint density at radius 3 is 2.35 bits per heavy atom. The maximum atomic E-state index is 13.0. The van der Waals surface area contributed by atoms with Gasteiger partial charge < -0.3 is 33.4 Å². The predicted molar refractivity (Wildman–Crippen MR) is 154 cm³/mol. The van der Waals surface area contributed by atoms with Gasteiger partial charge in [-0.2, -0.15) is 0 Å². The van der Waals surface area contributed by atoms with E-state index in [0.717, 1.165) is 45.2 Å². The fourth-order valence-corrected chi connectivity index (χ4v) is 5.97. The molecule has 0 radical (unpaired) electrons. The maximum Gasteiger partial charge on any atom is 0.204 e. The summed E-state index contributed by atoms with van der Waals surface area (Å²) in [6.45, 7) is 5.84. The fraction of sp³-hybridized carbons (Fsp3) is 0.516. The van der Waals surface area contributed by atoms with Crippen LogP contribution in [0.3, 0.4) is 0 Å². The molecule has 1 N–H and O–H groups in total. The van der Waals surface area contributed by atoms with E-state index in [4.69, 9.17) is 23.4 Å². The van der Waals surface area contributed by atoms with Crippen molar-refractivity contribution in [3.8, 4) is 40.1 Å². The highest BCUT2D eigenvalue weighted by Crippen LogP contribution is 2.42. The first-order valence-electron chi connectivity index (χ1n) is 14.2. The van der Waals surface area contributed by atoms with Gasteiger partial charge in [-0.25, -0.2) is 0 Å². The van der Waals surface area contributed by atoms with Crippen LogP contribution in [-0.2, 0) is 0 Å². The molecule has 1 aliphatic carbocycles. The third-order valence-electron chi connectivity index (χ3n) is 8.16. The Kier molecular flexibility index (Phi) is 9.01. The lowest BCUT2D eigenvalue weighted by atomic mass is 9.94. The SMILES string of the molecule is COc1ccc(-c2cc(=O)c3c(O)c(OC)c(OCCCN4CCN(C5CCCCC5)CC4)cc3o2)cc1OC. The monoisotopic (exact) mass is 552 g/mol. The van der Waals surface area contributed by atoms with E-state index in [0.29, 0.717) is 35.2 Å². The number of benzene rings is 2. The quantitative estimate of drug-likeness (QED) is 0.352. The van der Waals surface area contributed by atoms with Gasteiger partial charge in [0.05, 0.1) is 27.9 Å². The molecule has 1 saturated carbocycles.